The van der Waals surface area contributed by atoms with Gasteiger partial charge in [0.1, 0.15) is 17.4 Å². The number of aromatic nitrogens is 3. The fourth-order valence-corrected chi connectivity index (χ4v) is 3.38. The first kappa shape index (κ1) is 17.7. The van der Waals surface area contributed by atoms with Crippen molar-refractivity contribution >= 4 is 5.91 Å². The van der Waals surface area contributed by atoms with Gasteiger partial charge in [-0.2, -0.15) is 0 Å². The summed E-state index contributed by atoms with van der Waals surface area (Å²) in [5.74, 6) is 2.65. The van der Waals surface area contributed by atoms with Crippen molar-refractivity contribution in [3.05, 3.63) is 35.3 Å². The van der Waals surface area contributed by atoms with Crippen molar-refractivity contribution in [2.45, 2.75) is 59.2 Å². The smallest absolute Gasteiger partial charge is 0.255 e. The molecular formula is C18H27N5O2. The second kappa shape index (κ2) is 7.82. The first-order chi connectivity index (χ1) is 12.1. The zero-order chi connectivity index (χ0) is 17.8. The molecule has 0 aromatic carbocycles. The lowest BCUT2D eigenvalue weighted by molar-refractivity contribution is 0.0906. The van der Waals surface area contributed by atoms with Gasteiger partial charge in [0.05, 0.1) is 18.4 Å². The number of furan rings is 1. The minimum absolute atomic E-state index is 0.0389. The van der Waals surface area contributed by atoms with Gasteiger partial charge < -0.3 is 14.3 Å². The SMILES string of the molecule is CCCn1c(C)nnc1CN1CCC(NC(=O)c2ccoc2C)CC1. The monoisotopic (exact) mass is 345 g/mol. The summed E-state index contributed by atoms with van der Waals surface area (Å²) < 4.78 is 7.41. The molecule has 2 aromatic rings. The Morgan fingerprint density at radius 3 is 2.72 bits per heavy atom. The molecule has 0 saturated carbocycles. The third kappa shape index (κ3) is 4.10. The number of hydrogen-bond acceptors (Lipinski definition) is 5. The van der Waals surface area contributed by atoms with E-state index in [2.05, 4.69) is 31.9 Å². The van der Waals surface area contributed by atoms with Crippen LogP contribution < -0.4 is 5.32 Å². The Morgan fingerprint density at radius 2 is 2.08 bits per heavy atom. The van der Waals surface area contributed by atoms with Crippen LogP contribution in [0.25, 0.3) is 0 Å². The first-order valence-corrected chi connectivity index (χ1v) is 9.04. The van der Waals surface area contributed by atoms with Crippen LogP contribution in [0.4, 0.5) is 0 Å². The lowest BCUT2D eigenvalue weighted by Crippen LogP contribution is -2.44. The molecule has 1 fully saturated rings. The molecule has 1 saturated heterocycles. The molecule has 136 valence electrons. The van der Waals surface area contributed by atoms with Crippen LogP contribution in [-0.2, 0) is 13.1 Å². The standard InChI is InChI=1S/C18H27N5O2/c1-4-8-23-14(3)20-21-17(23)12-22-9-5-15(6-10-22)19-18(24)16-7-11-25-13(16)2/h7,11,15H,4-6,8-10,12H2,1-3H3,(H,19,24). The van der Waals surface area contributed by atoms with Gasteiger partial charge in [0.25, 0.3) is 5.91 Å². The van der Waals surface area contributed by atoms with Crippen molar-refractivity contribution in [1.82, 2.24) is 25.0 Å². The van der Waals surface area contributed by atoms with Crippen molar-refractivity contribution in [1.29, 1.82) is 0 Å². The zero-order valence-corrected chi connectivity index (χ0v) is 15.3. The molecule has 1 aliphatic rings. The normalized spacial score (nSPS) is 16.3. The second-order valence-electron chi connectivity index (χ2n) is 6.73. The summed E-state index contributed by atoms with van der Waals surface area (Å²) in [6.07, 6.45) is 4.53. The summed E-state index contributed by atoms with van der Waals surface area (Å²) in [7, 11) is 0. The third-order valence-corrected chi connectivity index (χ3v) is 4.85. The summed E-state index contributed by atoms with van der Waals surface area (Å²) >= 11 is 0. The van der Waals surface area contributed by atoms with Crippen LogP contribution in [0, 0.1) is 13.8 Å². The summed E-state index contributed by atoms with van der Waals surface area (Å²) in [4.78, 5) is 14.7. The van der Waals surface area contributed by atoms with E-state index in [1.54, 1.807) is 12.3 Å². The number of carbonyl (C=O) groups excluding carboxylic acids is 1. The molecule has 2 aromatic heterocycles. The zero-order valence-electron chi connectivity index (χ0n) is 15.3. The fourth-order valence-electron chi connectivity index (χ4n) is 3.38. The molecule has 25 heavy (non-hydrogen) atoms. The van der Waals surface area contributed by atoms with Crippen LogP contribution >= 0.6 is 0 Å². The van der Waals surface area contributed by atoms with E-state index in [0.29, 0.717) is 11.3 Å². The number of piperidine rings is 1. The van der Waals surface area contributed by atoms with Gasteiger partial charge in [-0.1, -0.05) is 6.92 Å². The quantitative estimate of drug-likeness (QED) is 0.869. The van der Waals surface area contributed by atoms with Crippen LogP contribution in [0.5, 0.6) is 0 Å². The van der Waals surface area contributed by atoms with Crippen LogP contribution in [0.3, 0.4) is 0 Å². The van der Waals surface area contributed by atoms with Crippen LogP contribution in [-0.4, -0.2) is 44.7 Å². The lowest BCUT2D eigenvalue weighted by atomic mass is 10.0. The first-order valence-electron chi connectivity index (χ1n) is 9.04. The van der Waals surface area contributed by atoms with E-state index < -0.39 is 0 Å². The second-order valence-corrected chi connectivity index (χ2v) is 6.73. The fraction of sp³-hybridized carbons (Fsp3) is 0.611. The van der Waals surface area contributed by atoms with Gasteiger partial charge in [-0.05, 0) is 39.2 Å². The highest BCUT2D eigenvalue weighted by atomic mass is 16.3. The number of nitrogens with zero attached hydrogens (tertiary/aromatic N) is 4. The molecule has 0 aliphatic carbocycles. The molecule has 0 atom stereocenters. The largest absolute Gasteiger partial charge is 0.469 e. The number of amides is 1. The van der Waals surface area contributed by atoms with Gasteiger partial charge in [-0.15, -0.1) is 10.2 Å². The highest BCUT2D eigenvalue weighted by Crippen LogP contribution is 2.16. The maximum absolute atomic E-state index is 12.3. The number of carbonyl (C=O) groups is 1. The molecule has 0 unspecified atom stereocenters. The van der Waals surface area contributed by atoms with Crippen LogP contribution in [0.15, 0.2) is 16.7 Å². The Bertz CT molecular complexity index is 713. The number of rotatable bonds is 6. The lowest BCUT2D eigenvalue weighted by Gasteiger charge is -2.32. The molecule has 0 spiro atoms. The van der Waals surface area contributed by atoms with Gasteiger partial charge in [0.2, 0.25) is 0 Å². The Hall–Kier alpha value is -2.15. The summed E-state index contributed by atoms with van der Waals surface area (Å²) in [5, 5.41) is 11.7. The van der Waals surface area contributed by atoms with E-state index in [4.69, 9.17) is 4.42 Å². The topological polar surface area (TPSA) is 76.2 Å². The number of hydrogen-bond donors (Lipinski definition) is 1. The Morgan fingerprint density at radius 1 is 1.32 bits per heavy atom. The number of nitrogens with one attached hydrogen (secondary N) is 1. The molecule has 0 radical (unpaired) electrons. The van der Waals surface area contributed by atoms with E-state index in [1.165, 1.54) is 0 Å². The minimum Gasteiger partial charge on any atom is -0.469 e. The molecule has 1 amide bonds. The van der Waals surface area contributed by atoms with Crippen molar-refractivity contribution in [3.63, 3.8) is 0 Å². The molecule has 7 nitrogen and oxygen atoms in total. The van der Waals surface area contributed by atoms with Crippen molar-refractivity contribution in [2.75, 3.05) is 13.1 Å². The maximum Gasteiger partial charge on any atom is 0.255 e. The molecule has 3 rings (SSSR count). The molecule has 1 aliphatic heterocycles. The summed E-state index contributed by atoms with van der Waals surface area (Å²) in [6.45, 7) is 9.67. The van der Waals surface area contributed by atoms with Crippen molar-refractivity contribution in [3.8, 4) is 0 Å². The van der Waals surface area contributed by atoms with Gasteiger partial charge in [0.15, 0.2) is 0 Å². The van der Waals surface area contributed by atoms with Gasteiger partial charge in [-0.3, -0.25) is 9.69 Å². The van der Waals surface area contributed by atoms with E-state index >= 15 is 0 Å². The van der Waals surface area contributed by atoms with Gasteiger partial charge >= 0.3 is 0 Å². The molecule has 7 heteroatoms. The van der Waals surface area contributed by atoms with Crippen LogP contribution in [0.2, 0.25) is 0 Å². The van der Waals surface area contributed by atoms with Gasteiger partial charge in [-0.25, -0.2) is 0 Å². The Balaban J connectivity index is 1.51. The Kier molecular flexibility index (Phi) is 5.53. The van der Waals surface area contributed by atoms with Crippen molar-refractivity contribution in [2.24, 2.45) is 0 Å². The maximum atomic E-state index is 12.3. The molecule has 1 N–H and O–H groups in total. The average Bonchev–Trinajstić information content (AvgIpc) is 3.17. The molecule has 3 heterocycles. The average molecular weight is 345 g/mol. The number of likely N-dealkylation sites (tertiary alicyclic amines) is 1. The third-order valence-electron chi connectivity index (χ3n) is 4.85. The number of aryl methyl sites for hydroxylation is 2. The Labute approximate surface area is 148 Å². The minimum atomic E-state index is -0.0389. The molecular weight excluding hydrogens is 318 g/mol. The predicted octanol–water partition coefficient (Wildman–Crippen LogP) is 2.29. The highest BCUT2D eigenvalue weighted by Gasteiger charge is 2.23. The van der Waals surface area contributed by atoms with Crippen LogP contribution in [0.1, 0.15) is 54.0 Å². The highest BCUT2D eigenvalue weighted by molar-refractivity contribution is 5.95. The van der Waals surface area contributed by atoms with E-state index in [1.807, 2.05) is 13.8 Å². The van der Waals surface area contributed by atoms with E-state index in [9.17, 15) is 4.79 Å². The summed E-state index contributed by atoms with van der Waals surface area (Å²) in [5.41, 5.74) is 0.630. The van der Waals surface area contributed by atoms with E-state index in [-0.39, 0.29) is 11.9 Å². The summed E-state index contributed by atoms with van der Waals surface area (Å²) in [6, 6.07) is 1.94. The van der Waals surface area contributed by atoms with E-state index in [0.717, 1.165) is 57.1 Å². The molecule has 0 bridgehead atoms. The van der Waals surface area contributed by atoms with Crippen molar-refractivity contribution < 1.29 is 9.21 Å². The van der Waals surface area contributed by atoms with Gasteiger partial charge in [0, 0.05) is 25.7 Å². The predicted molar refractivity (Wildman–Crippen MR) is 94.3 cm³/mol.